The molecule has 3 heteroatoms. The van der Waals surface area contributed by atoms with Crippen molar-refractivity contribution in [3.63, 3.8) is 0 Å². The number of rotatable bonds is 0. The molecule has 0 amide bonds. The largest absolute Gasteiger partial charge is 0.504 e. The third-order valence-corrected chi connectivity index (χ3v) is 2.10. The fourth-order valence-electron chi connectivity index (χ4n) is 1.22. The zero-order chi connectivity index (χ0) is 12.1. The lowest BCUT2D eigenvalue weighted by molar-refractivity contribution is 0.471. The average molecular weight is 223 g/mol. The third-order valence-electron chi connectivity index (χ3n) is 2.10. The van der Waals surface area contributed by atoms with E-state index in [2.05, 4.69) is 16.8 Å². The van der Waals surface area contributed by atoms with Gasteiger partial charge in [0.2, 0.25) is 5.43 Å². The lowest BCUT2D eigenvalue weighted by Crippen LogP contribution is -1.91. The van der Waals surface area contributed by atoms with E-state index < -0.39 is 5.43 Å². The fourth-order valence-corrected chi connectivity index (χ4v) is 1.22. The minimum Gasteiger partial charge on any atom is -0.504 e. The smallest absolute Gasteiger partial charge is 0.220 e. The maximum Gasteiger partial charge on any atom is 0.220 e. The number of nitrogens with zero attached hydrogens (tertiary/aromatic N) is 1. The van der Waals surface area contributed by atoms with E-state index in [0.29, 0.717) is 5.56 Å². The summed E-state index contributed by atoms with van der Waals surface area (Å²) >= 11 is 0. The molecule has 0 saturated heterocycles. The Morgan fingerprint density at radius 2 is 1.76 bits per heavy atom. The van der Waals surface area contributed by atoms with Crippen LogP contribution in [0.1, 0.15) is 11.1 Å². The number of pyridine rings is 1. The van der Waals surface area contributed by atoms with Crippen LogP contribution in [0.4, 0.5) is 0 Å². The van der Waals surface area contributed by atoms with Gasteiger partial charge in [0, 0.05) is 23.5 Å². The maximum absolute atomic E-state index is 11.1. The Balaban J connectivity index is 2.36. The Kier molecular flexibility index (Phi) is 3.18. The van der Waals surface area contributed by atoms with Gasteiger partial charge in [0.15, 0.2) is 5.75 Å². The monoisotopic (exact) mass is 223 g/mol. The Labute approximate surface area is 98.4 Å². The quantitative estimate of drug-likeness (QED) is 0.689. The summed E-state index contributed by atoms with van der Waals surface area (Å²) in [5.41, 5.74) is 1.04. The SMILES string of the molecule is O=c1ccc(C#Cc2cccnc2)ccc1O. The highest BCUT2D eigenvalue weighted by Gasteiger charge is 1.92. The molecule has 1 N–H and O–H groups in total. The molecular weight excluding hydrogens is 214 g/mol. The summed E-state index contributed by atoms with van der Waals surface area (Å²) < 4.78 is 0. The van der Waals surface area contributed by atoms with E-state index >= 15 is 0 Å². The number of aromatic hydroxyl groups is 1. The van der Waals surface area contributed by atoms with Crippen LogP contribution < -0.4 is 5.43 Å². The van der Waals surface area contributed by atoms with E-state index in [0.717, 1.165) is 5.56 Å². The van der Waals surface area contributed by atoms with Crippen LogP contribution in [0.3, 0.4) is 0 Å². The standard InChI is InChI=1S/C14H9NO2/c16-13-7-5-11(6-8-14(13)17)3-4-12-2-1-9-15-10-12/h1-2,5-10H,(H,16,17). The molecule has 0 saturated carbocycles. The summed E-state index contributed by atoms with van der Waals surface area (Å²) in [5, 5.41) is 9.22. The highest BCUT2D eigenvalue weighted by molar-refractivity contribution is 5.42. The molecule has 17 heavy (non-hydrogen) atoms. The van der Waals surface area contributed by atoms with Crippen LogP contribution in [0.25, 0.3) is 0 Å². The zero-order valence-corrected chi connectivity index (χ0v) is 8.92. The average Bonchev–Trinajstić information content (AvgIpc) is 2.52. The van der Waals surface area contributed by atoms with Crippen molar-refractivity contribution in [3.05, 3.63) is 70.1 Å². The maximum atomic E-state index is 11.1. The molecule has 82 valence electrons. The lowest BCUT2D eigenvalue weighted by atomic mass is 10.2. The fraction of sp³-hybridized carbons (Fsp3) is 0. The molecule has 0 spiro atoms. The Hall–Kier alpha value is -2.60. The first kappa shape index (κ1) is 10.9. The second-order valence-electron chi connectivity index (χ2n) is 3.36. The van der Waals surface area contributed by atoms with Crippen LogP contribution in [-0.2, 0) is 0 Å². The van der Waals surface area contributed by atoms with E-state index in [-0.39, 0.29) is 5.75 Å². The predicted molar refractivity (Wildman–Crippen MR) is 64.6 cm³/mol. The molecule has 2 rings (SSSR count). The molecule has 1 heterocycles. The van der Waals surface area contributed by atoms with E-state index in [9.17, 15) is 9.90 Å². The minimum absolute atomic E-state index is 0.278. The van der Waals surface area contributed by atoms with Gasteiger partial charge in [-0.15, -0.1) is 0 Å². The first-order valence-electron chi connectivity index (χ1n) is 5.01. The molecule has 0 radical (unpaired) electrons. The van der Waals surface area contributed by atoms with Crippen LogP contribution in [0, 0.1) is 11.8 Å². The molecule has 0 aliphatic rings. The summed E-state index contributed by atoms with van der Waals surface area (Å²) in [6.07, 6.45) is 3.34. The van der Waals surface area contributed by atoms with Gasteiger partial charge in [-0.2, -0.15) is 0 Å². The van der Waals surface area contributed by atoms with Crippen LogP contribution in [0.5, 0.6) is 5.75 Å². The minimum atomic E-state index is -0.417. The summed E-state index contributed by atoms with van der Waals surface area (Å²) in [6, 6.07) is 9.46. The molecule has 0 bridgehead atoms. The van der Waals surface area contributed by atoms with Gasteiger partial charge in [0.25, 0.3) is 0 Å². The molecule has 0 aliphatic carbocycles. The van der Waals surface area contributed by atoms with Crippen molar-refractivity contribution in [2.45, 2.75) is 0 Å². The molecule has 1 aromatic carbocycles. The van der Waals surface area contributed by atoms with E-state index in [4.69, 9.17) is 0 Å². The predicted octanol–water partition coefficient (Wildman–Crippen LogP) is 1.55. The molecule has 1 aromatic heterocycles. The Morgan fingerprint density at radius 3 is 2.53 bits per heavy atom. The third kappa shape index (κ3) is 2.93. The Morgan fingerprint density at radius 1 is 1.00 bits per heavy atom. The van der Waals surface area contributed by atoms with Crippen molar-refractivity contribution < 1.29 is 5.11 Å². The van der Waals surface area contributed by atoms with E-state index in [1.54, 1.807) is 30.6 Å². The number of hydrogen-bond donors (Lipinski definition) is 1. The molecule has 0 atom stereocenters. The summed E-state index contributed by atoms with van der Waals surface area (Å²) in [6.45, 7) is 0. The van der Waals surface area contributed by atoms with E-state index in [1.807, 2.05) is 6.07 Å². The normalized spacial score (nSPS) is 9.18. The summed E-state index contributed by atoms with van der Waals surface area (Å²) in [4.78, 5) is 15.1. The van der Waals surface area contributed by atoms with Crippen molar-refractivity contribution in [2.75, 3.05) is 0 Å². The van der Waals surface area contributed by atoms with Gasteiger partial charge in [-0.1, -0.05) is 11.8 Å². The molecular formula is C14H9NO2. The molecule has 3 nitrogen and oxygen atoms in total. The van der Waals surface area contributed by atoms with Gasteiger partial charge in [-0.25, -0.2) is 0 Å². The molecule has 0 unspecified atom stereocenters. The summed E-state index contributed by atoms with van der Waals surface area (Å²) in [7, 11) is 0. The first-order valence-corrected chi connectivity index (χ1v) is 5.01. The highest BCUT2D eigenvalue weighted by atomic mass is 16.3. The molecule has 2 aromatic rings. The van der Waals surface area contributed by atoms with Crippen molar-refractivity contribution in [2.24, 2.45) is 0 Å². The zero-order valence-electron chi connectivity index (χ0n) is 8.92. The van der Waals surface area contributed by atoms with Gasteiger partial charge in [0.1, 0.15) is 0 Å². The number of aromatic nitrogens is 1. The van der Waals surface area contributed by atoms with Crippen molar-refractivity contribution in [3.8, 4) is 17.6 Å². The van der Waals surface area contributed by atoms with Crippen molar-refractivity contribution in [1.29, 1.82) is 0 Å². The van der Waals surface area contributed by atoms with Crippen LogP contribution in [-0.4, -0.2) is 10.1 Å². The van der Waals surface area contributed by atoms with Gasteiger partial charge in [-0.3, -0.25) is 9.78 Å². The molecule has 0 fully saturated rings. The van der Waals surface area contributed by atoms with E-state index in [1.165, 1.54) is 12.1 Å². The van der Waals surface area contributed by atoms with Gasteiger partial charge >= 0.3 is 0 Å². The van der Waals surface area contributed by atoms with Gasteiger partial charge in [-0.05, 0) is 36.4 Å². The summed E-state index contributed by atoms with van der Waals surface area (Å²) in [5.74, 6) is 5.53. The Bertz CT molecular complexity index is 640. The van der Waals surface area contributed by atoms with Crippen LogP contribution >= 0.6 is 0 Å². The van der Waals surface area contributed by atoms with Crippen LogP contribution in [0.15, 0.2) is 53.6 Å². The second-order valence-corrected chi connectivity index (χ2v) is 3.36. The molecule has 0 aliphatic heterocycles. The van der Waals surface area contributed by atoms with Gasteiger partial charge < -0.3 is 5.11 Å². The van der Waals surface area contributed by atoms with Crippen molar-refractivity contribution >= 4 is 0 Å². The van der Waals surface area contributed by atoms with Gasteiger partial charge in [0.05, 0.1) is 0 Å². The van der Waals surface area contributed by atoms with Crippen LogP contribution in [0.2, 0.25) is 0 Å². The first-order chi connectivity index (χ1) is 8.25. The number of hydrogen-bond acceptors (Lipinski definition) is 3. The highest BCUT2D eigenvalue weighted by Crippen LogP contribution is 2.01. The van der Waals surface area contributed by atoms with Crippen molar-refractivity contribution in [1.82, 2.24) is 4.98 Å². The second kappa shape index (κ2) is 4.95. The lowest BCUT2D eigenvalue weighted by Gasteiger charge is -1.85. The topological polar surface area (TPSA) is 50.2 Å².